The molecule has 1 aliphatic carbocycles. The van der Waals surface area contributed by atoms with Gasteiger partial charge >= 0.3 is 0 Å². The molecule has 40 heavy (non-hydrogen) atoms. The van der Waals surface area contributed by atoms with Crippen LogP contribution in [0.3, 0.4) is 0 Å². The Morgan fingerprint density at radius 2 is 1.88 bits per heavy atom. The van der Waals surface area contributed by atoms with Crippen molar-refractivity contribution in [2.45, 2.75) is 32.3 Å². The molecule has 1 fully saturated rings. The number of para-hydroxylation sites is 1. The van der Waals surface area contributed by atoms with E-state index in [0.29, 0.717) is 53.6 Å². The van der Waals surface area contributed by atoms with Crippen molar-refractivity contribution in [3.8, 4) is 22.9 Å². The first-order chi connectivity index (χ1) is 19.4. The van der Waals surface area contributed by atoms with E-state index in [1.54, 1.807) is 36.4 Å². The predicted molar refractivity (Wildman–Crippen MR) is 151 cm³/mol. The Kier molecular flexibility index (Phi) is 6.73. The average molecular weight is 541 g/mol. The number of fused-ring (bicyclic) bond motifs is 1. The van der Waals surface area contributed by atoms with Crippen LogP contribution < -0.4 is 20.9 Å². The molecule has 2 aliphatic rings. The second-order valence-electron chi connectivity index (χ2n) is 10.0. The SMILES string of the molecule is Cc1cc(Oc2ccccc2F)ccc1-n1ncc(C(=O)C2=Cc3cc(OC4CCOCC4)c(N)cc3C2)c1N. The van der Waals surface area contributed by atoms with E-state index in [-0.39, 0.29) is 23.5 Å². The molecule has 2 heterocycles. The monoisotopic (exact) mass is 540 g/mol. The zero-order valence-electron chi connectivity index (χ0n) is 22.0. The Labute approximate surface area is 231 Å². The number of Topliss-reactive ketones (excluding diaryl/α,β-unsaturated/α-hetero) is 1. The minimum atomic E-state index is -0.446. The number of anilines is 2. The molecule has 1 aromatic heterocycles. The van der Waals surface area contributed by atoms with Crippen molar-refractivity contribution in [3.05, 3.63) is 94.4 Å². The summed E-state index contributed by atoms with van der Waals surface area (Å²) >= 11 is 0. The third-order valence-electron chi connectivity index (χ3n) is 7.25. The fourth-order valence-electron chi connectivity index (χ4n) is 5.09. The maximum Gasteiger partial charge on any atom is 0.194 e. The van der Waals surface area contributed by atoms with Crippen molar-refractivity contribution in [2.24, 2.45) is 0 Å². The second kappa shape index (κ2) is 10.5. The number of rotatable bonds is 7. The molecule has 0 saturated carbocycles. The number of carbonyl (C=O) groups is 1. The van der Waals surface area contributed by atoms with Crippen molar-refractivity contribution in [1.82, 2.24) is 9.78 Å². The summed E-state index contributed by atoms with van der Waals surface area (Å²) in [6.07, 6.45) is 5.50. The lowest BCUT2D eigenvalue weighted by Gasteiger charge is -2.24. The van der Waals surface area contributed by atoms with E-state index in [1.807, 2.05) is 25.1 Å². The molecule has 9 heteroatoms. The molecule has 1 aliphatic heterocycles. The van der Waals surface area contributed by atoms with Gasteiger partial charge in [0.1, 0.15) is 23.4 Å². The molecule has 204 valence electrons. The van der Waals surface area contributed by atoms with Crippen molar-refractivity contribution in [3.63, 3.8) is 0 Å². The van der Waals surface area contributed by atoms with Crippen LogP contribution >= 0.6 is 0 Å². The maximum atomic E-state index is 14.0. The highest BCUT2D eigenvalue weighted by molar-refractivity contribution is 6.15. The number of ketones is 1. The number of aryl methyl sites for hydroxylation is 1. The predicted octanol–water partition coefficient (Wildman–Crippen LogP) is 5.66. The largest absolute Gasteiger partial charge is 0.488 e. The van der Waals surface area contributed by atoms with E-state index in [9.17, 15) is 9.18 Å². The number of benzene rings is 3. The third-order valence-corrected chi connectivity index (χ3v) is 7.25. The molecule has 4 N–H and O–H groups in total. The topological polar surface area (TPSA) is 115 Å². The first kappa shape index (κ1) is 25.6. The third kappa shape index (κ3) is 4.91. The average Bonchev–Trinajstić information content (AvgIpc) is 3.53. The molecular weight excluding hydrogens is 511 g/mol. The van der Waals surface area contributed by atoms with Crippen LogP contribution in [0.25, 0.3) is 11.8 Å². The van der Waals surface area contributed by atoms with Crippen molar-refractivity contribution >= 4 is 23.4 Å². The lowest BCUT2D eigenvalue weighted by molar-refractivity contribution is 0.0258. The molecule has 0 unspecified atom stereocenters. The van der Waals surface area contributed by atoms with Gasteiger partial charge < -0.3 is 25.7 Å². The fourth-order valence-corrected chi connectivity index (χ4v) is 5.09. The van der Waals surface area contributed by atoms with E-state index >= 15 is 0 Å². The highest BCUT2D eigenvalue weighted by atomic mass is 19.1. The van der Waals surface area contributed by atoms with Crippen LogP contribution in [0.1, 0.15) is 39.9 Å². The molecule has 3 aromatic carbocycles. The number of nitrogens with two attached hydrogens (primary N) is 2. The highest BCUT2D eigenvalue weighted by Crippen LogP contribution is 2.36. The lowest BCUT2D eigenvalue weighted by Crippen LogP contribution is -2.26. The molecule has 0 amide bonds. The number of halogens is 1. The Hall–Kier alpha value is -4.63. The number of carbonyl (C=O) groups excluding carboxylic acids is 1. The quantitative estimate of drug-likeness (QED) is 0.230. The molecule has 0 spiro atoms. The van der Waals surface area contributed by atoms with E-state index < -0.39 is 5.82 Å². The second-order valence-corrected chi connectivity index (χ2v) is 10.0. The number of nitrogens with zero attached hydrogens (tertiary/aromatic N) is 2. The Morgan fingerprint density at radius 1 is 1.07 bits per heavy atom. The number of hydrogen-bond donors (Lipinski definition) is 2. The molecule has 0 radical (unpaired) electrons. The van der Waals surface area contributed by atoms with Crippen LogP contribution in [-0.4, -0.2) is 34.9 Å². The van der Waals surface area contributed by atoms with Gasteiger partial charge in [-0.05, 0) is 72.2 Å². The minimum absolute atomic E-state index is 0.0646. The van der Waals surface area contributed by atoms with Crippen LogP contribution in [0.5, 0.6) is 17.2 Å². The van der Waals surface area contributed by atoms with Crippen LogP contribution in [0, 0.1) is 12.7 Å². The van der Waals surface area contributed by atoms with Gasteiger partial charge in [-0.15, -0.1) is 0 Å². The van der Waals surface area contributed by atoms with E-state index in [0.717, 1.165) is 29.5 Å². The normalized spacial score (nSPS) is 15.0. The van der Waals surface area contributed by atoms with Gasteiger partial charge in [-0.25, -0.2) is 9.07 Å². The minimum Gasteiger partial charge on any atom is -0.488 e. The lowest BCUT2D eigenvalue weighted by atomic mass is 10.0. The summed E-state index contributed by atoms with van der Waals surface area (Å²) < 4.78 is 32.8. The van der Waals surface area contributed by atoms with Gasteiger partial charge in [0.05, 0.1) is 36.3 Å². The summed E-state index contributed by atoms with van der Waals surface area (Å²) in [7, 11) is 0. The summed E-state index contributed by atoms with van der Waals surface area (Å²) in [5.41, 5.74) is 17.5. The van der Waals surface area contributed by atoms with E-state index in [2.05, 4.69) is 5.10 Å². The van der Waals surface area contributed by atoms with Crippen LogP contribution in [0.15, 0.2) is 66.4 Å². The van der Waals surface area contributed by atoms with Gasteiger partial charge in [-0.1, -0.05) is 12.1 Å². The van der Waals surface area contributed by atoms with Crippen molar-refractivity contribution in [1.29, 1.82) is 0 Å². The summed E-state index contributed by atoms with van der Waals surface area (Å²) in [4.78, 5) is 13.5. The van der Waals surface area contributed by atoms with Crippen molar-refractivity contribution < 1.29 is 23.4 Å². The Balaban J connectivity index is 1.21. The fraction of sp³-hybridized carbons (Fsp3) is 0.226. The first-order valence-corrected chi connectivity index (χ1v) is 13.2. The summed E-state index contributed by atoms with van der Waals surface area (Å²) in [5.74, 6) is 0.828. The molecule has 0 bridgehead atoms. The van der Waals surface area contributed by atoms with Crippen LogP contribution in [0.4, 0.5) is 15.9 Å². The van der Waals surface area contributed by atoms with Gasteiger partial charge in [-0.2, -0.15) is 5.10 Å². The Morgan fingerprint density at radius 3 is 2.65 bits per heavy atom. The summed E-state index contributed by atoms with van der Waals surface area (Å²) in [5, 5.41) is 4.40. The van der Waals surface area contributed by atoms with E-state index in [4.69, 9.17) is 25.7 Å². The highest BCUT2D eigenvalue weighted by Gasteiger charge is 2.26. The van der Waals surface area contributed by atoms with Gasteiger partial charge in [0, 0.05) is 24.8 Å². The number of allylic oxidation sites excluding steroid dienone is 1. The molecular formula is C31H29FN4O4. The zero-order chi connectivity index (χ0) is 27.8. The first-order valence-electron chi connectivity index (χ1n) is 13.2. The molecule has 6 rings (SSSR count). The molecule has 1 saturated heterocycles. The smallest absolute Gasteiger partial charge is 0.194 e. The van der Waals surface area contributed by atoms with Gasteiger partial charge in [0.25, 0.3) is 0 Å². The Bertz CT molecular complexity index is 1640. The number of aromatic nitrogens is 2. The standard InChI is InChI=1S/C31H29FN4O4/c1-18-12-23(40-28-5-3-2-4-25(28)32)6-7-27(18)36-31(34)24(17-35-36)30(37)21-13-19-15-26(33)29(16-20(19)14-21)39-22-8-10-38-11-9-22/h2-7,12,14-17,22H,8-11,13,33-34H2,1H3. The molecule has 8 nitrogen and oxygen atoms in total. The summed E-state index contributed by atoms with van der Waals surface area (Å²) in [6.45, 7) is 3.22. The number of nitrogen functional groups attached to an aromatic ring is 2. The van der Waals surface area contributed by atoms with Gasteiger partial charge in [0.2, 0.25) is 0 Å². The zero-order valence-corrected chi connectivity index (χ0v) is 22.0. The van der Waals surface area contributed by atoms with Gasteiger partial charge in [0.15, 0.2) is 17.3 Å². The van der Waals surface area contributed by atoms with E-state index in [1.165, 1.54) is 16.9 Å². The number of hydrogen-bond acceptors (Lipinski definition) is 7. The van der Waals surface area contributed by atoms with Crippen LogP contribution in [-0.2, 0) is 11.2 Å². The molecule has 4 aromatic rings. The maximum absolute atomic E-state index is 14.0. The van der Waals surface area contributed by atoms with Gasteiger partial charge in [-0.3, -0.25) is 4.79 Å². The van der Waals surface area contributed by atoms with Crippen molar-refractivity contribution in [2.75, 3.05) is 24.7 Å². The molecule has 0 atom stereocenters. The summed E-state index contributed by atoms with van der Waals surface area (Å²) in [6, 6.07) is 15.2. The number of ether oxygens (including phenoxy) is 3. The van der Waals surface area contributed by atoms with Crippen LogP contribution in [0.2, 0.25) is 0 Å².